The Morgan fingerprint density at radius 3 is 2.82 bits per heavy atom. The van der Waals surface area contributed by atoms with Crippen molar-refractivity contribution in [2.24, 2.45) is 0 Å². The van der Waals surface area contributed by atoms with Gasteiger partial charge in [-0.1, -0.05) is 18.7 Å². The van der Waals surface area contributed by atoms with Crippen molar-refractivity contribution in [3.8, 4) is 17.2 Å². The third kappa shape index (κ3) is 3.14. The average molecular weight is 236 g/mol. The minimum absolute atomic E-state index is 0.216. The maximum absolute atomic E-state index is 5.64. The van der Waals surface area contributed by atoms with E-state index < -0.39 is 0 Å². The molecular formula is C13H16O4. The van der Waals surface area contributed by atoms with E-state index in [4.69, 9.17) is 18.9 Å². The summed E-state index contributed by atoms with van der Waals surface area (Å²) in [6, 6.07) is 5.55. The quantitative estimate of drug-likeness (QED) is 0.536. The summed E-state index contributed by atoms with van der Waals surface area (Å²) in [5.74, 6) is 1.93. The highest BCUT2D eigenvalue weighted by Gasteiger charge is 2.24. The van der Waals surface area contributed by atoms with Crippen LogP contribution in [-0.4, -0.2) is 33.0 Å². The molecule has 0 radical (unpaired) electrons. The van der Waals surface area contributed by atoms with E-state index in [2.05, 4.69) is 6.58 Å². The van der Waals surface area contributed by atoms with Crippen molar-refractivity contribution in [1.29, 1.82) is 0 Å². The van der Waals surface area contributed by atoms with Gasteiger partial charge in [0.1, 0.15) is 19.3 Å². The molecule has 1 fully saturated rings. The zero-order valence-corrected chi connectivity index (χ0v) is 9.85. The van der Waals surface area contributed by atoms with E-state index >= 15 is 0 Å². The fourth-order valence-corrected chi connectivity index (χ4v) is 1.40. The molecule has 0 saturated carbocycles. The molecule has 0 bridgehead atoms. The summed E-state index contributed by atoms with van der Waals surface area (Å²) >= 11 is 0. The van der Waals surface area contributed by atoms with E-state index in [1.165, 1.54) is 0 Å². The van der Waals surface area contributed by atoms with Gasteiger partial charge >= 0.3 is 0 Å². The number of epoxide rings is 1. The van der Waals surface area contributed by atoms with E-state index in [1.807, 2.05) is 18.2 Å². The molecule has 0 spiro atoms. The van der Waals surface area contributed by atoms with Crippen molar-refractivity contribution in [3.05, 3.63) is 30.9 Å². The molecule has 1 aliphatic rings. The summed E-state index contributed by atoms with van der Waals surface area (Å²) in [6.07, 6.45) is 1.90. The van der Waals surface area contributed by atoms with Crippen LogP contribution in [0.4, 0.5) is 0 Å². The van der Waals surface area contributed by atoms with Crippen molar-refractivity contribution in [2.45, 2.75) is 6.10 Å². The van der Waals surface area contributed by atoms with Crippen LogP contribution in [0.25, 0.3) is 0 Å². The molecule has 0 unspecified atom stereocenters. The third-order valence-corrected chi connectivity index (χ3v) is 2.34. The van der Waals surface area contributed by atoms with Gasteiger partial charge in [0.15, 0.2) is 11.5 Å². The first kappa shape index (κ1) is 11.8. The Morgan fingerprint density at radius 1 is 1.41 bits per heavy atom. The Labute approximate surface area is 101 Å². The van der Waals surface area contributed by atoms with Crippen LogP contribution >= 0.6 is 0 Å². The van der Waals surface area contributed by atoms with E-state index in [9.17, 15) is 0 Å². The van der Waals surface area contributed by atoms with Crippen molar-refractivity contribution in [1.82, 2.24) is 0 Å². The molecule has 4 heteroatoms. The summed E-state index contributed by atoms with van der Waals surface area (Å²) < 4.78 is 21.5. The Hall–Kier alpha value is -1.68. The topological polar surface area (TPSA) is 40.2 Å². The predicted octanol–water partition coefficient (Wildman–Crippen LogP) is 2.04. The van der Waals surface area contributed by atoms with E-state index in [0.717, 1.165) is 6.61 Å². The van der Waals surface area contributed by atoms with Gasteiger partial charge in [0.05, 0.1) is 13.7 Å². The summed E-state index contributed by atoms with van der Waals surface area (Å²) in [5.41, 5.74) is 0. The standard InChI is InChI=1S/C13H16O4/c1-3-7-15-13-11(14-2)5-4-6-12(13)17-9-10-8-16-10/h3-6,10H,1,7-9H2,2H3/t10-/m0/s1. The Morgan fingerprint density at radius 2 is 2.18 bits per heavy atom. The number of methoxy groups -OCH3 is 1. The normalized spacial score (nSPS) is 17.4. The van der Waals surface area contributed by atoms with E-state index in [1.54, 1.807) is 13.2 Å². The zero-order valence-electron chi connectivity index (χ0n) is 9.85. The lowest BCUT2D eigenvalue weighted by molar-refractivity contribution is 0.242. The first-order chi connectivity index (χ1) is 8.35. The SMILES string of the molecule is C=CCOc1c(OC)cccc1OC[C@@H]1CO1. The highest BCUT2D eigenvalue weighted by atomic mass is 16.6. The van der Waals surface area contributed by atoms with Crippen LogP contribution in [-0.2, 0) is 4.74 Å². The number of rotatable bonds is 7. The van der Waals surface area contributed by atoms with Crippen LogP contribution in [0.2, 0.25) is 0 Å². The first-order valence-corrected chi connectivity index (χ1v) is 5.50. The van der Waals surface area contributed by atoms with Crippen molar-refractivity contribution < 1.29 is 18.9 Å². The van der Waals surface area contributed by atoms with Crippen molar-refractivity contribution in [3.63, 3.8) is 0 Å². The number of hydrogen-bond donors (Lipinski definition) is 0. The lowest BCUT2D eigenvalue weighted by Crippen LogP contribution is -2.06. The molecule has 1 heterocycles. The van der Waals surface area contributed by atoms with Gasteiger partial charge in [0, 0.05) is 0 Å². The smallest absolute Gasteiger partial charge is 0.203 e. The van der Waals surface area contributed by atoms with Crippen LogP contribution < -0.4 is 14.2 Å². The molecule has 92 valence electrons. The van der Waals surface area contributed by atoms with Gasteiger partial charge in [-0.3, -0.25) is 0 Å². The van der Waals surface area contributed by atoms with Gasteiger partial charge in [0.25, 0.3) is 0 Å². The highest BCUT2D eigenvalue weighted by Crippen LogP contribution is 2.37. The molecule has 17 heavy (non-hydrogen) atoms. The van der Waals surface area contributed by atoms with Gasteiger partial charge in [-0.25, -0.2) is 0 Å². The van der Waals surface area contributed by atoms with Gasteiger partial charge in [0.2, 0.25) is 5.75 Å². The van der Waals surface area contributed by atoms with Crippen LogP contribution in [0.5, 0.6) is 17.2 Å². The molecule has 1 aromatic rings. The molecule has 0 amide bonds. The molecule has 2 rings (SSSR count). The number of ether oxygens (including phenoxy) is 4. The molecule has 0 aliphatic carbocycles. The molecule has 0 aromatic heterocycles. The van der Waals surface area contributed by atoms with Gasteiger partial charge in [-0.05, 0) is 12.1 Å². The Bertz CT molecular complexity index is 385. The summed E-state index contributed by atoms with van der Waals surface area (Å²) in [5, 5.41) is 0. The van der Waals surface area contributed by atoms with Gasteiger partial charge in [-0.15, -0.1) is 0 Å². The lowest BCUT2D eigenvalue weighted by atomic mass is 10.3. The van der Waals surface area contributed by atoms with E-state index in [-0.39, 0.29) is 6.10 Å². The number of para-hydroxylation sites is 1. The number of benzene rings is 1. The second-order valence-corrected chi connectivity index (χ2v) is 3.65. The second kappa shape index (κ2) is 5.59. The largest absolute Gasteiger partial charge is 0.493 e. The van der Waals surface area contributed by atoms with Gasteiger partial charge < -0.3 is 18.9 Å². The second-order valence-electron chi connectivity index (χ2n) is 3.65. The summed E-state index contributed by atoms with van der Waals surface area (Å²) in [7, 11) is 1.60. The van der Waals surface area contributed by atoms with Gasteiger partial charge in [-0.2, -0.15) is 0 Å². The minimum Gasteiger partial charge on any atom is -0.493 e. The molecule has 1 aliphatic heterocycles. The minimum atomic E-state index is 0.216. The lowest BCUT2D eigenvalue weighted by Gasteiger charge is -2.14. The summed E-state index contributed by atoms with van der Waals surface area (Å²) in [6.45, 7) is 5.34. The Kier molecular flexibility index (Phi) is 3.88. The fourth-order valence-electron chi connectivity index (χ4n) is 1.40. The maximum Gasteiger partial charge on any atom is 0.203 e. The molecule has 1 atom stereocenters. The van der Waals surface area contributed by atoms with E-state index in [0.29, 0.717) is 30.5 Å². The predicted molar refractivity (Wildman–Crippen MR) is 63.9 cm³/mol. The molecule has 1 aromatic carbocycles. The van der Waals surface area contributed by atoms with Crippen LogP contribution in [0.1, 0.15) is 0 Å². The van der Waals surface area contributed by atoms with Crippen LogP contribution in [0.15, 0.2) is 30.9 Å². The highest BCUT2D eigenvalue weighted by molar-refractivity contribution is 5.51. The first-order valence-electron chi connectivity index (χ1n) is 5.50. The van der Waals surface area contributed by atoms with Crippen LogP contribution in [0.3, 0.4) is 0 Å². The number of hydrogen-bond acceptors (Lipinski definition) is 4. The fraction of sp³-hybridized carbons (Fsp3) is 0.385. The molecule has 4 nitrogen and oxygen atoms in total. The monoisotopic (exact) mass is 236 g/mol. The third-order valence-electron chi connectivity index (χ3n) is 2.34. The molecule has 0 N–H and O–H groups in total. The molecular weight excluding hydrogens is 220 g/mol. The summed E-state index contributed by atoms with van der Waals surface area (Å²) in [4.78, 5) is 0. The molecule has 1 saturated heterocycles. The maximum atomic E-state index is 5.64. The van der Waals surface area contributed by atoms with Crippen LogP contribution in [0, 0.1) is 0 Å². The van der Waals surface area contributed by atoms with Crippen molar-refractivity contribution in [2.75, 3.05) is 26.9 Å². The van der Waals surface area contributed by atoms with Crippen molar-refractivity contribution >= 4 is 0 Å². The Balaban J connectivity index is 2.11. The zero-order chi connectivity index (χ0) is 12.1. The average Bonchev–Trinajstić information content (AvgIpc) is 3.18.